The summed E-state index contributed by atoms with van der Waals surface area (Å²) in [7, 11) is -2.35. The summed E-state index contributed by atoms with van der Waals surface area (Å²) in [5.74, 6) is -0.538. The molecular weight excluding hydrogens is 405 g/mol. The van der Waals surface area contributed by atoms with E-state index in [-0.39, 0.29) is 23.2 Å². The van der Waals surface area contributed by atoms with E-state index < -0.39 is 10.0 Å². The summed E-state index contributed by atoms with van der Waals surface area (Å²) in [4.78, 5) is 16.5. The van der Waals surface area contributed by atoms with Crippen LogP contribution in [0.25, 0.3) is 0 Å². The number of piperazine rings is 1. The van der Waals surface area contributed by atoms with E-state index in [0.29, 0.717) is 43.0 Å². The fourth-order valence-electron chi connectivity index (χ4n) is 4.01. The van der Waals surface area contributed by atoms with Crippen molar-refractivity contribution >= 4 is 21.6 Å². The molecule has 1 aliphatic rings. The Labute approximate surface area is 177 Å². The van der Waals surface area contributed by atoms with Crippen molar-refractivity contribution in [2.75, 3.05) is 44.7 Å². The van der Waals surface area contributed by atoms with E-state index in [2.05, 4.69) is 0 Å². The molecule has 1 fully saturated rings. The van der Waals surface area contributed by atoms with Gasteiger partial charge in [0.25, 0.3) is 0 Å². The van der Waals surface area contributed by atoms with E-state index in [1.54, 1.807) is 36.9 Å². The van der Waals surface area contributed by atoms with Crippen molar-refractivity contribution in [2.24, 2.45) is 0 Å². The molecule has 0 atom stereocenters. The molecule has 2 aromatic rings. The first kappa shape index (κ1) is 22.2. The summed E-state index contributed by atoms with van der Waals surface area (Å²) in [6.07, 6.45) is 0. The third-order valence-electron chi connectivity index (χ3n) is 5.46. The molecule has 0 unspecified atom stereocenters. The van der Waals surface area contributed by atoms with Crippen LogP contribution in [0.4, 0.5) is 10.1 Å². The summed E-state index contributed by atoms with van der Waals surface area (Å²) in [5, 5.41) is 0. The van der Waals surface area contributed by atoms with Crippen molar-refractivity contribution in [3.8, 4) is 0 Å². The van der Waals surface area contributed by atoms with Crippen molar-refractivity contribution in [1.29, 1.82) is 0 Å². The van der Waals surface area contributed by atoms with Crippen molar-refractivity contribution in [3.63, 3.8) is 0 Å². The summed E-state index contributed by atoms with van der Waals surface area (Å²) in [6, 6.07) is 10.2. The molecule has 0 aliphatic carbocycles. The molecule has 0 saturated carbocycles. The van der Waals surface area contributed by atoms with Crippen LogP contribution >= 0.6 is 0 Å². The first-order valence-electron chi connectivity index (χ1n) is 9.92. The number of sulfonamides is 1. The molecule has 1 heterocycles. The summed E-state index contributed by atoms with van der Waals surface area (Å²) in [5.41, 5.74) is 2.86. The molecule has 1 aliphatic heterocycles. The van der Waals surface area contributed by atoms with Gasteiger partial charge in [0.15, 0.2) is 0 Å². The van der Waals surface area contributed by atoms with Crippen LogP contribution in [-0.4, -0.2) is 63.3 Å². The number of carbonyl (C=O) groups is 1. The van der Waals surface area contributed by atoms with E-state index in [9.17, 15) is 17.6 Å². The van der Waals surface area contributed by atoms with Crippen LogP contribution in [-0.2, 0) is 14.8 Å². The predicted molar refractivity (Wildman–Crippen MR) is 116 cm³/mol. The fraction of sp³-hybridized carbons (Fsp3) is 0.409. The first-order chi connectivity index (χ1) is 14.1. The average molecular weight is 434 g/mol. The molecule has 0 N–H and O–H groups in total. The number of para-hydroxylation sites is 1. The zero-order chi connectivity index (χ0) is 22.1. The normalized spacial score (nSPS) is 15.0. The third kappa shape index (κ3) is 4.49. The number of amides is 1. The highest BCUT2D eigenvalue weighted by Crippen LogP contribution is 2.25. The zero-order valence-electron chi connectivity index (χ0n) is 17.9. The second-order valence-corrected chi connectivity index (χ2v) is 9.79. The number of carbonyl (C=O) groups excluding carboxylic acids is 1. The minimum atomic E-state index is -3.78. The van der Waals surface area contributed by atoms with Crippen molar-refractivity contribution in [2.45, 2.75) is 25.7 Å². The zero-order valence-corrected chi connectivity index (χ0v) is 18.7. The Hall–Kier alpha value is -2.45. The Morgan fingerprint density at radius 2 is 1.60 bits per heavy atom. The largest absolute Gasteiger partial charge is 0.366 e. The van der Waals surface area contributed by atoms with Gasteiger partial charge in [-0.2, -0.15) is 4.31 Å². The van der Waals surface area contributed by atoms with Gasteiger partial charge >= 0.3 is 0 Å². The number of rotatable bonds is 5. The second-order valence-electron chi connectivity index (χ2n) is 7.81. The van der Waals surface area contributed by atoms with Gasteiger partial charge in [-0.25, -0.2) is 12.8 Å². The van der Waals surface area contributed by atoms with E-state index in [0.717, 1.165) is 9.87 Å². The number of aryl methyl sites for hydroxylation is 3. The maximum absolute atomic E-state index is 14.0. The highest BCUT2D eigenvalue weighted by Gasteiger charge is 2.29. The molecule has 3 rings (SSSR count). The van der Waals surface area contributed by atoms with Gasteiger partial charge in [-0.15, -0.1) is 0 Å². The van der Waals surface area contributed by atoms with Gasteiger partial charge < -0.3 is 9.80 Å². The average Bonchev–Trinajstić information content (AvgIpc) is 2.67. The fourth-order valence-corrected chi connectivity index (χ4v) is 5.53. The summed E-state index contributed by atoms with van der Waals surface area (Å²) in [6.45, 7) is 7.07. The van der Waals surface area contributed by atoms with Gasteiger partial charge in [0.05, 0.1) is 17.1 Å². The lowest BCUT2D eigenvalue weighted by molar-refractivity contribution is -0.131. The van der Waals surface area contributed by atoms with Crippen molar-refractivity contribution < 1.29 is 17.6 Å². The Bertz CT molecular complexity index is 1020. The van der Waals surface area contributed by atoms with E-state index >= 15 is 0 Å². The van der Waals surface area contributed by atoms with Gasteiger partial charge in [0, 0.05) is 33.2 Å². The lowest BCUT2D eigenvalue weighted by Gasteiger charge is -2.36. The second kappa shape index (κ2) is 8.73. The topological polar surface area (TPSA) is 60.9 Å². The van der Waals surface area contributed by atoms with Crippen molar-refractivity contribution in [1.82, 2.24) is 9.21 Å². The minimum Gasteiger partial charge on any atom is -0.366 e. The molecule has 0 bridgehead atoms. The van der Waals surface area contributed by atoms with Crippen LogP contribution in [0.5, 0.6) is 0 Å². The molecule has 0 aromatic heterocycles. The molecule has 162 valence electrons. The lowest BCUT2D eigenvalue weighted by Crippen LogP contribution is -2.51. The molecule has 2 aromatic carbocycles. The Kier molecular flexibility index (Phi) is 6.47. The summed E-state index contributed by atoms with van der Waals surface area (Å²) >= 11 is 0. The third-order valence-corrected chi connectivity index (χ3v) is 7.57. The Balaban J connectivity index is 1.66. The number of anilines is 1. The van der Waals surface area contributed by atoms with Crippen molar-refractivity contribution in [3.05, 3.63) is 58.9 Å². The quantitative estimate of drug-likeness (QED) is 0.728. The van der Waals surface area contributed by atoms with Gasteiger partial charge in [0.1, 0.15) is 5.82 Å². The molecule has 6 nitrogen and oxygen atoms in total. The monoisotopic (exact) mass is 433 g/mol. The number of halogens is 1. The van der Waals surface area contributed by atoms with Crippen LogP contribution in [0.15, 0.2) is 41.3 Å². The van der Waals surface area contributed by atoms with Crippen LogP contribution < -0.4 is 4.90 Å². The van der Waals surface area contributed by atoms with E-state index in [4.69, 9.17) is 0 Å². The van der Waals surface area contributed by atoms with Gasteiger partial charge in [-0.3, -0.25) is 4.79 Å². The maximum atomic E-state index is 14.0. The minimum absolute atomic E-state index is 0.227. The number of likely N-dealkylation sites (N-methyl/N-ethyl adjacent to an activating group) is 1. The SMILES string of the molecule is Cc1cc(C)c(S(=O)(=O)N(C)CC(=O)N2CCN(c3ccccc3F)CC2)c(C)c1. The molecule has 1 saturated heterocycles. The number of hydrogen-bond acceptors (Lipinski definition) is 4. The van der Waals surface area contributed by atoms with Crippen LogP contribution in [0.1, 0.15) is 16.7 Å². The van der Waals surface area contributed by atoms with E-state index in [1.807, 2.05) is 24.0 Å². The number of nitrogens with zero attached hydrogens (tertiary/aromatic N) is 3. The molecule has 0 radical (unpaired) electrons. The van der Waals surface area contributed by atoms with Crippen LogP contribution in [0.2, 0.25) is 0 Å². The Morgan fingerprint density at radius 1 is 1.03 bits per heavy atom. The standard InChI is InChI=1S/C22H28FN3O3S/c1-16-13-17(2)22(18(3)14-16)30(28,29)24(4)15-21(27)26-11-9-25(10-12-26)20-8-6-5-7-19(20)23/h5-8,13-14H,9-12,15H2,1-4H3. The predicted octanol–water partition coefficient (Wildman–Crippen LogP) is 2.72. The van der Waals surface area contributed by atoms with Gasteiger partial charge in [-0.1, -0.05) is 29.8 Å². The Morgan fingerprint density at radius 3 is 2.17 bits per heavy atom. The molecule has 30 heavy (non-hydrogen) atoms. The van der Waals surface area contributed by atoms with E-state index in [1.165, 1.54) is 13.1 Å². The summed E-state index contributed by atoms with van der Waals surface area (Å²) < 4.78 is 41.3. The van der Waals surface area contributed by atoms with Crippen LogP contribution in [0.3, 0.4) is 0 Å². The van der Waals surface area contributed by atoms with Gasteiger partial charge in [0.2, 0.25) is 15.9 Å². The number of benzene rings is 2. The highest BCUT2D eigenvalue weighted by atomic mass is 32.2. The first-order valence-corrected chi connectivity index (χ1v) is 11.4. The smallest absolute Gasteiger partial charge is 0.243 e. The maximum Gasteiger partial charge on any atom is 0.243 e. The molecule has 8 heteroatoms. The van der Waals surface area contributed by atoms with Gasteiger partial charge in [-0.05, 0) is 44.0 Å². The number of hydrogen-bond donors (Lipinski definition) is 0. The highest BCUT2D eigenvalue weighted by molar-refractivity contribution is 7.89. The molecular formula is C22H28FN3O3S. The lowest BCUT2D eigenvalue weighted by atomic mass is 10.1. The van der Waals surface area contributed by atoms with Crippen LogP contribution in [0, 0.1) is 26.6 Å². The molecule has 1 amide bonds. The molecule has 0 spiro atoms.